The summed E-state index contributed by atoms with van der Waals surface area (Å²) < 4.78 is 0. The number of carboxylic acid groups (broad SMARTS) is 2. The third kappa shape index (κ3) is 5.26. The molecule has 1 rings (SSSR count). The van der Waals surface area contributed by atoms with Gasteiger partial charge in [0.25, 0.3) is 0 Å². The number of carboxylic acids is 2. The van der Waals surface area contributed by atoms with Gasteiger partial charge in [-0.2, -0.15) is 0 Å². The number of carbonyl (C=O) groups is 4. The van der Waals surface area contributed by atoms with E-state index in [4.69, 9.17) is 10.2 Å². The quantitative estimate of drug-likeness (QED) is 0.497. The number of carbonyl (C=O) groups excluding carboxylic acids is 2. The number of hydrogen-bond acceptors (Lipinski definition) is 4. The van der Waals surface area contributed by atoms with Gasteiger partial charge in [0.2, 0.25) is 0 Å². The maximum atomic E-state index is 10.3. The van der Waals surface area contributed by atoms with E-state index in [1.54, 1.807) is 0 Å². The van der Waals surface area contributed by atoms with Gasteiger partial charge in [0.15, 0.2) is 0 Å². The lowest BCUT2D eigenvalue weighted by atomic mass is 10.1. The van der Waals surface area contributed by atoms with E-state index in [-0.39, 0.29) is 11.1 Å². The fourth-order valence-electron chi connectivity index (χ4n) is 0.755. The average molecular weight is 254 g/mol. The number of aromatic carboxylic acids is 2. The van der Waals surface area contributed by atoms with E-state index in [0.717, 1.165) is 0 Å². The molecule has 1 aromatic carbocycles. The first-order chi connectivity index (χ1) is 8.25. The van der Waals surface area contributed by atoms with Crippen LogP contribution in [0.4, 0.5) is 0 Å². The summed E-state index contributed by atoms with van der Waals surface area (Å²) in [6.45, 7) is 0. The van der Waals surface area contributed by atoms with E-state index in [9.17, 15) is 19.2 Å². The van der Waals surface area contributed by atoms with Crippen LogP contribution in [0.2, 0.25) is 0 Å². The van der Waals surface area contributed by atoms with Gasteiger partial charge in [0, 0.05) is 0 Å². The Morgan fingerprint density at radius 2 is 0.944 bits per heavy atom. The molecule has 0 aliphatic rings. The molecule has 0 aliphatic heterocycles. The predicted octanol–water partition coefficient (Wildman–Crippen LogP) is -0.960. The van der Waals surface area contributed by atoms with Crippen molar-refractivity contribution < 1.29 is 29.4 Å². The van der Waals surface area contributed by atoms with E-state index in [1.165, 1.54) is 24.3 Å². The van der Waals surface area contributed by atoms with Gasteiger partial charge in [-0.05, 0) is 24.3 Å². The van der Waals surface area contributed by atoms with E-state index in [1.807, 2.05) is 0 Å². The first kappa shape index (κ1) is 15.1. The molecule has 0 aliphatic carbocycles. The normalized spacial score (nSPS) is 8.67. The van der Waals surface area contributed by atoms with E-state index in [2.05, 4.69) is 11.5 Å². The van der Waals surface area contributed by atoms with Gasteiger partial charge in [0.05, 0.1) is 11.1 Å². The van der Waals surface area contributed by atoms with Gasteiger partial charge in [0.1, 0.15) is 0 Å². The second-order valence-electron chi connectivity index (χ2n) is 2.92. The summed E-state index contributed by atoms with van der Waals surface area (Å²) in [5, 5.41) is 16.9. The van der Waals surface area contributed by atoms with Crippen LogP contribution < -0.4 is 11.5 Å². The van der Waals surface area contributed by atoms with Gasteiger partial charge < -0.3 is 21.7 Å². The molecule has 0 atom stereocenters. The monoisotopic (exact) mass is 254 g/mol. The maximum absolute atomic E-state index is 10.3. The van der Waals surface area contributed by atoms with Gasteiger partial charge in [-0.1, -0.05) is 0 Å². The Kier molecular flexibility index (Phi) is 5.56. The highest BCUT2D eigenvalue weighted by molar-refractivity contribution is 6.33. The summed E-state index contributed by atoms with van der Waals surface area (Å²) in [5.41, 5.74) is 8.81. The molecule has 0 saturated heterocycles. The van der Waals surface area contributed by atoms with Crippen LogP contribution >= 0.6 is 0 Å². The molecular weight excluding hydrogens is 244 g/mol. The van der Waals surface area contributed by atoms with Crippen molar-refractivity contribution in [2.45, 2.75) is 0 Å². The number of primary amides is 2. The molecule has 0 unspecified atom stereocenters. The van der Waals surface area contributed by atoms with E-state index >= 15 is 0 Å². The van der Waals surface area contributed by atoms with Crippen molar-refractivity contribution in [1.29, 1.82) is 0 Å². The fraction of sp³-hybridized carbons (Fsp3) is 0. The minimum absolute atomic E-state index is 0.0833. The summed E-state index contributed by atoms with van der Waals surface area (Å²) in [5.74, 6) is -4.33. The van der Waals surface area contributed by atoms with Crippen molar-refractivity contribution in [3.63, 3.8) is 0 Å². The summed E-state index contributed by atoms with van der Waals surface area (Å²) in [6, 6.07) is 5.02. The molecule has 2 amide bonds. The van der Waals surface area contributed by atoms with Gasteiger partial charge in [-0.25, -0.2) is 9.59 Å². The molecule has 6 N–H and O–H groups in total. The fourth-order valence-corrected chi connectivity index (χ4v) is 0.755. The number of benzene rings is 1. The average Bonchev–Trinajstić information content (AvgIpc) is 2.29. The molecule has 0 radical (unpaired) electrons. The minimum atomic E-state index is -1.10. The minimum Gasteiger partial charge on any atom is -0.478 e. The van der Waals surface area contributed by atoms with Gasteiger partial charge >= 0.3 is 23.8 Å². The van der Waals surface area contributed by atoms with Gasteiger partial charge in [-0.15, -0.1) is 0 Å². The van der Waals surface area contributed by atoms with Crippen LogP contribution in [-0.4, -0.2) is 34.0 Å². The Morgan fingerprint density at radius 3 is 1.06 bits per heavy atom. The lowest BCUT2D eigenvalue weighted by Gasteiger charge is -1.94. The number of amides is 2. The van der Waals surface area contributed by atoms with Crippen LogP contribution in [0.5, 0.6) is 0 Å². The van der Waals surface area contributed by atoms with Crippen LogP contribution in [0.3, 0.4) is 0 Å². The molecule has 0 aromatic heterocycles. The summed E-state index contributed by atoms with van der Waals surface area (Å²) >= 11 is 0. The molecule has 18 heavy (non-hydrogen) atoms. The lowest BCUT2D eigenvalue weighted by molar-refractivity contribution is -0.135. The number of rotatable bonds is 2. The molecule has 8 heteroatoms. The van der Waals surface area contributed by atoms with Crippen LogP contribution in [0, 0.1) is 0 Å². The number of hydrogen-bond donors (Lipinski definition) is 4. The summed E-state index contributed by atoms with van der Waals surface area (Å²) in [7, 11) is 0. The van der Waals surface area contributed by atoms with Crippen LogP contribution in [0.1, 0.15) is 20.7 Å². The van der Waals surface area contributed by atoms with E-state index in [0.29, 0.717) is 0 Å². The third-order valence-corrected chi connectivity index (χ3v) is 1.62. The zero-order valence-corrected chi connectivity index (χ0v) is 8.99. The van der Waals surface area contributed by atoms with Crippen LogP contribution in [0.25, 0.3) is 0 Å². The third-order valence-electron chi connectivity index (χ3n) is 1.62. The zero-order chi connectivity index (χ0) is 14.3. The first-order valence-electron chi connectivity index (χ1n) is 4.41. The maximum Gasteiger partial charge on any atom is 0.335 e. The Bertz CT molecular complexity index is 435. The van der Waals surface area contributed by atoms with Gasteiger partial charge in [-0.3, -0.25) is 9.59 Å². The smallest absolute Gasteiger partial charge is 0.335 e. The highest BCUT2D eigenvalue weighted by Gasteiger charge is 2.04. The second kappa shape index (κ2) is 6.63. The van der Waals surface area contributed by atoms with E-state index < -0.39 is 23.8 Å². The molecule has 0 saturated carbocycles. The molecule has 0 spiro atoms. The molecule has 1 aromatic rings. The van der Waals surface area contributed by atoms with Crippen molar-refractivity contribution in [2.75, 3.05) is 0 Å². The molecule has 0 heterocycles. The van der Waals surface area contributed by atoms with Crippen molar-refractivity contribution in [1.82, 2.24) is 0 Å². The Morgan fingerprint density at radius 1 is 0.722 bits per heavy atom. The first-order valence-corrected chi connectivity index (χ1v) is 4.41. The Hall–Kier alpha value is -2.90. The lowest BCUT2D eigenvalue weighted by Crippen LogP contribution is -2.29. The largest absolute Gasteiger partial charge is 0.478 e. The second-order valence-corrected chi connectivity index (χ2v) is 2.92. The zero-order valence-electron chi connectivity index (χ0n) is 8.99. The topological polar surface area (TPSA) is 161 Å². The summed E-state index contributed by atoms with van der Waals surface area (Å²) in [6.07, 6.45) is 0. The molecule has 0 bridgehead atoms. The Balaban J connectivity index is 0.000000411. The highest BCUT2D eigenvalue weighted by atomic mass is 16.4. The van der Waals surface area contributed by atoms with Crippen molar-refractivity contribution in [3.8, 4) is 0 Å². The molecule has 96 valence electrons. The number of nitrogens with two attached hydrogens (primary N) is 2. The highest BCUT2D eigenvalue weighted by Crippen LogP contribution is 2.03. The Labute approximate surface area is 101 Å². The SMILES string of the molecule is NC(=O)C(N)=O.O=C(O)c1ccc(C(=O)O)cc1. The van der Waals surface area contributed by atoms with Crippen molar-refractivity contribution in [3.05, 3.63) is 35.4 Å². The summed E-state index contributed by atoms with van der Waals surface area (Å²) in [4.78, 5) is 39.6. The van der Waals surface area contributed by atoms with Crippen molar-refractivity contribution in [2.24, 2.45) is 11.5 Å². The predicted molar refractivity (Wildman–Crippen MR) is 58.7 cm³/mol. The van der Waals surface area contributed by atoms with Crippen LogP contribution in [-0.2, 0) is 9.59 Å². The van der Waals surface area contributed by atoms with Crippen LogP contribution in [0.15, 0.2) is 24.3 Å². The standard InChI is InChI=1S/C8H6O4.C2H4N2O2/c9-7(10)5-1-2-6(4-3-5)8(11)12;3-1(5)2(4)6/h1-4H,(H,9,10)(H,11,12);(H2,3,5)(H2,4,6). The molecular formula is C10H10N2O6. The molecule has 0 fully saturated rings. The molecule has 8 nitrogen and oxygen atoms in total. The van der Waals surface area contributed by atoms with Crippen molar-refractivity contribution >= 4 is 23.8 Å².